The molecule has 7 heteroatoms. The molecule has 22 heavy (non-hydrogen) atoms. The van der Waals surface area contributed by atoms with E-state index in [9.17, 15) is 14.0 Å². The molecule has 1 amide bonds. The van der Waals surface area contributed by atoms with E-state index in [0.29, 0.717) is 4.47 Å². The largest absolute Gasteiger partial charge is 0.452 e. The zero-order valence-electron chi connectivity index (χ0n) is 11.6. The van der Waals surface area contributed by atoms with Crippen LogP contribution >= 0.6 is 27.3 Å². The van der Waals surface area contributed by atoms with Gasteiger partial charge in [-0.1, -0.05) is 6.07 Å². The Labute approximate surface area is 139 Å². The lowest BCUT2D eigenvalue weighted by Crippen LogP contribution is -2.30. The summed E-state index contributed by atoms with van der Waals surface area (Å²) in [5.41, 5.74) is 0.0408. The molecule has 2 aromatic rings. The molecule has 1 atom stereocenters. The third-order valence-electron chi connectivity index (χ3n) is 2.83. The molecule has 0 aliphatic carbocycles. The van der Waals surface area contributed by atoms with Gasteiger partial charge in [-0.2, -0.15) is 0 Å². The molecule has 0 fully saturated rings. The Bertz CT molecular complexity index is 675. The van der Waals surface area contributed by atoms with Gasteiger partial charge in [-0.3, -0.25) is 4.79 Å². The van der Waals surface area contributed by atoms with E-state index < -0.39 is 24.3 Å². The molecule has 0 bridgehead atoms. The molecule has 1 heterocycles. The highest BCUT2D eigenvalue weighted by Gasteiger charge is 2.16. The Morgan fingerprint density at radius 1 is 1.41 bits per heavy atom. The minimum absolute atomic E-state index is 0.0408. The monoisotopic (exact) mass is 385 g/mol. The number of halogens is 2. The number of esters is 1. The summed E-state index contributed by atoms with van der Waals surface area (Å²) >= 11 is 4.67. The Morgan fingerprint density at radius 3 is 2.86 bits per heavy atom. The van der Waals surface area contributed by atoms with Crippen molar-refractivity contribution in [3.63, 3.8) is 0 Å². The summed E-state index contributed by atoms with van der Waals surface area (Å²) < 4.78 is 18.4. The van der Waals surface area contributed by atoms with Crippen molar-refractivity contribution in [3.05, 3.63) is 56.4 Å². The van der Waals surface area contributed by atoms with Crippen molar-refractivity contribution in [2.45, 2.75) is 13.0 Å². The summed E-state index contributed by atoms with van der Waals surface area (Å²) in [7, 11) is 0. The van der Waals surface area contributed by atoms with Crippen molar-refractivity contribution in [1.82, 2.24) is 5.32 Å². The highest BCUT2D eigenvalue weighted by Crippen LogP contribution is 2.19. The molecular formula is C15H13BrFNO3S. The molecule has 1 N–H and O–H groups in total. The molecule has 0 saturated heterocycles. The molecule has 1 aromatic carbocycles. The number of thiophene rings is 1. The second-order valence-corrected chi connectivity index (χ2v) is 6.34. The van der Waals surface area contributed by atoms with E-state index >= 15 is 0 Å². The van der Waals surface area contributed by atoms with Crippen LogP contribution in [0.5, 0.6) is 0 Å². The second kappa shape index (κ2) is 7.51. The van der Waals surface area contributed by atoms with Gasteiger partial charge < -0.3 is 10.1 Å². The van der Waals surface area contributed by atoms with Gasteiger partial charge in [0.2, 0.25) is 0 Å². The highest BCUT2D eigenvalue weighted by molar-refractivity contribution is 9.10. The smallest absolute Gasteiger partial charge is 0.339 e. The van der Waals surface area contributed by atoms with Crippen LogP contribution in [0, 0.1) is 5.82 Å². The molecule has 4 nitrogen and oxygen atoms in total. The third-order valence-corrected chi connectivity index (χ3v) is 4.58. The summed E-state index contributed by atoms with van der Waals surface area (Å²) in [5, 5.41) is 4.64. The van der Waals surface area contributed by atoms with Gasteiger partial charge >= 0.3 is 5.97 Å². The summed E-state index contributed by atoms with van der Waals surface area (Å²) in [5.74, 6) is -1.72. The predicted octanol–water partition coefficient (Wildman–Crippen LogP) is 3.68. The molecule has 0 saturated carbocycles. The Hall–Kier alpha value is -1.73. The Balaban J connectivity index is 1.88. The molecule has 0 radical (unpaired) electrons. The van der Waals surface area contributed by atoms with Gasteiger partial charge in [-0.05, 0) is 52.5 Å². The lowest BCUT2D eigenvalue weighted by atomic mass is 10.2. The summed E-state index contributed by atoms with van der Waals surface area (Å²) in [4.78, 5) is 24.6. The number of benzene rings is 1. The van der Waals surface area contributed by atoms with Crippen LogP contribution in [-0.4, -0.2) is 18.5 Å². The number of ether oxygens (including phenoxy) is 1. The van der Waals surface area contributed by atoms with Crippen LogP contribution in [0.1, 0.15) is 28.2 Å². The second-order valence-electron chi connectivity index (χ2n) is 4.50. The van der Waals surface area contributed by atoms with Crippen molar-refractivity contribution in [3.8, 4) is 0 Å². The lowest BCUT2D eigenvalue weighted by molar-refractivity contribution is -0.124. The van der Waals surface area contributed by atoms with E-state index in [1.807, 2.05) is 24.4 Å². The maximum absolute atomic E-state index is 13.1. The molecule has 116 valence electrons. The predicted molar refractivity (Wildman–Crippen MR) is 85.3 cm³/mol. The fourth-order valence-electron chi connectivity index (χ4n) is 1.75. The van der Waals surface area contributed by atoms with Crippen LogP contribution in [0.3, 0.4) is 0 Å². The molecule has 0 unspecified atom stereocenters. The molecule has 1 aromatic heterocycles. The third kappa shape index (κ3) is 4.38. The molecule has 0 aliphatic rings. The number of amides is 1. The van der Waals surface area contributed by atoms with E-state index in [-0.39, 0.29) is 11.6 Å². The standard InChI is InChI=1S/C15H13BrFNO3S/c1-9(13-3-2-6-22-13)18-14(19)8-21-15(20)11-7-10(17)4-5-12(11)16/h2-7,9H,8H2,1H3,(H,18,19)/t9-/m0/s1. The quantitative estimate of drug-likeness (QED) is 0.798. The SMILES string of the molecule is C[C@H](NC(=O)COC(=O)c1cc(F)ccc1Br)c1cccs1. The Morgan fingerprint density at radius 2 is 2.18 bits per heavy atom. The van der Waals surface area contributed by atoms with Crippen LogP contribution in [0.25, 0.3) is 0 Å². The van der Waals surface area contributed by atoms with Crippen molar-refractivity contribution < 1.29 is 18.7 Å². The first-order valence-corrected chi connectivity index (χ1v) is 8.09. The number of carbonyl (C=O) groups excluding carboxylic acids is 2. The number of rotatable bonds is 5. The fourth-order valence-corrected chi connectivity index (χ4v) is 2.90. The van der Waals surface area contributed by atoms with Gasteiger partial charge in [-0.15, -0.1) is 11.3 Å². The summed E-state index contributed by atoms with van der Waals surface area (Å²) in [6.07, 6.45) is 0. The van der Waals surface area contributed by atoms with Crippen LogP contribution in [0.15, 0.2) is 40.2 Å². The van der Waals surface area contributed by atoms with Gasteiger partial charge in [-0.25, -0.2) is 9.18 Å². The van der Waals surface area contributed by atoms with Gasteiger partial charge in [0.05, 0.1) is 11.6 Å². The average Bonchev–Trinajstić information content (AvgIpc) is 3.01. The first-order chi connectivity index (χ1) is 10.5. The van der Waals surface area contributed by atoms with Crippen molar-refractivity contribution in [2.75, 3.05) is 6.61 Å². The molecule has 0 spiro atoms. The molecular weight excluding hydrogens is 373 g/mol. The Kier molecular flexibility index (Phi) is 5.68. The number of carbonyl (C=O) groups is 2. The zero-order chi connectivity index (χ0) is 16.1. The molecule has 0 aliphatic heterocycles. The first kappa shape index (κ1) is 16.6. The van der Waals surface area contributed by atoms with E-state index in [1.165, 1.54) is 23.5 Å². The number of hydrogen-bond donors (Lipinski definition) is 1. The van der Waals surface area contributed by atoms with E-state index in [0.717, 1.165) is 10.9 Å². The van der Waals surface area contributed by atoms with Crippen molar-refractivity contribution >= 4 is 39.1 Å². The van der Waals surface area contributed by atoms with Crippen LogP contribution < -0.4 is 5.32 Å². The maximum Gasteiger partial charge on any atom is 0.339 e. The van der Waals surface area contributed by atoms with Crippen LogP contribution in [0.4, 0.5) is 4.39 Å². The summed E-state index contributed by atoms with van der Waals surface area (Å²) in [6, 6.07) is 7.32. The van der Waals surface area contributed by atoms with Crippen LogP contribution in [-0.2, 0) is 9.53 Å². The minimum atomic E-state index is -0.759. The van der Waals surface area contributed by atoms with E-state index in [1.54, 1.807) is 0 Å². The lowest BCUT2D eigenvalue weighted by Gasteiger charge is -2.12. The average molecular weight is 386 g/mol. The van der Waals surface area contributed by atoms with Crippen molar-refractivity contribution in [2.24, 2.45) is 0 Å². The van der Waals surface area contributed by atoms with Crippen molar-refractivity contribution in [1.29, 1.82) is 0 Å². The van der Waals surface area contributed by atoms with E-state index in [2.05, 4.69) is 21.2 Å². The van der Waals surface area contributed by atoms with Gasteiger partial charge in [0, 0.05) is 9.35 Å². The van der Waals surface area contributed by atoms with Gasteiger partial charge in [0.25, 0.3) is 5.91 Å². The minimum Gasteiger partial charge on any atom is -0.452 e. The van der Waals surface area contributed by atoms with E-state index in [4.69, 9.17) is 4.74 Å². The normalized spacial score (nSPS) is 11.8. The maximum atomic E-state index is 13.1. The van der Waals surface area contributed by atoms with Gasteiger partial charge in [0.15, 0.2) is 6.61 Å². The molecule has 2 rings (SSSR count). The fraction of sp³-hybridized carbons (Fsp3) is 0.200. The van der Waals surface area contributed by atoms with Crippen LogP contribution in [0.2, 0.25) is 0 Å². The topological polar surface area (TPSA) is 55.4 Å². The zero-order valence-corrected chi connectivity index (χ0v) is 14.0. The van der Waals surface area contributed by atoms with Gasteiger partial charge in [0.1, 0.15) is 5.82 Å². The summed E-state index contributed by atoms with van der Waals surface area (Å²) in [6.45, 7) is 1.42. The first-order valence-electron chi connectivity index (χ1n) is 6.42. The number of nitrogens with one attached hydrogen (secondary N) is 1. The number of hydrogen-bond acceptors (Lipinski definition) is 4. The highest BCUT2D eigenvalue weighted by atomic mass is 79.9.